The van der Waals surface area contributed by atoms with Crippen molar-refractivity contribution < 1.29 is 19.4 Å². The fourth-order valence-corrected chi connectivity index (χ4v) is 4.39. The number of likely N-dealkylation sites (N-methyl/N-ethyl adjacent to an activating group) is 1. The molecule has 2 atom stereocenters. The molecule has 1 heterocycles. The quantitative estimate of drug-likeness (QED) is 0.183. The third kappa shape index (κ3) is 5.58. The van der Waals surface area contributed by atoms with Gasteiger partial charge in [0.1, 0.15) is 5.75 Å². The number of hydrogen-bond donors (Lipinski definition) is 1. The number of amides is 1. The van der Waals surface area contributed by atoms with E-state index in [-0.39, 0.29) is 18.9 Å². The Morgan fingerprint density at radius 2 is 1.81 bits per heavy atom. The van der Waals surface area contributed by atoms with Gasteiger partial charge >= 0.3 is 0 Å². The van der Waals surface area contributed by atoms with Gasteiger partial charge in [0.2, 0.25) is 5.90 Å². The molecule has 1 amide bonds. The van der Waals surface area contributed by atoms with Crippen LogP contribution in [0.2, 0.25) is 0 Å². The number of aliphatic imine (C=N–C) groups is 1. The molecular weight excluding hydrogens is 470 g/mol. The fraction of sp³-hybridized carbons (Fsp3) is 0.286. The summed E-state index contributed by atoms with van der Waals surface area (Å²) in [6.45, 7) is 0.466. The maximum absolute atomic E-state index is 13.9. The van der Waals surface area contributed by atoms with Gasteiger partial charge in [-0.15, -0.1) is 0 Å². The Hall–Kier alpha value is -4.33. The Labute approximate surface area is 215 Å². The molecular formula is C28H29N5O4. The van der Waals surface area contributed by atoms with Crippen LogP contribution in [0.1, 0.15) is 29.2 Å². The maximum Gasteiger partial charge on any atom is 0.254 e. The lowest BCUT2D eigenvalue weighted by Crippen LogP contribution is -2.49. The van der Waals surface area contributed by atoms with Crippen molar-refractivity contribution in [3.05, 3.63) is 106 Å². The van der Waals surface area contributed by atoms with Gasteiger partial charge in [-0.1, -0.05) is 59.7 Å². The van der Waals surface area contributed by atoms with Crippen molar-refractivity contribution >= 4 is 17.5 Å². The van der Waals surface area contributed by atoms with Crippen LogP contribution in [0.25, 0.3) is 10.4 Å². The van der Waals surface area contributed by atoms with Crippen LogP contribution in [-0.2, 0) is 16.0 Å². The molecule has 1 aliphatic heterocycles. The molecule has 3 aromatic carbocycles. The molecule has 0 unspecified atom stereocenters. The van der Waals surface area contributed by atoms with E-state index in [4.69, 9.17) is 19.6 Å². The molecule has 190 valence electrons. The van der Waals surface area contributed by atoms with Gasteiger partial charge in [-0.25, -0.2) is 4.99 Å². The minimum atomic E-state index is -1.34. The summed E-state index contributed by atoms with van der Waals surface area (Å²) in [5, 5.41) is 12.8. The van der Waals surface area contributed by atoms with Gasteiger partial charge < -0.3 is 19.5 Å². The van der Waals surface area contributed by atoms with Gasteiger partial charge in [-0.05, 0) is 35.4 Å². The van der Waals surface area contributed by atoms with Crippen molar-refractivity contribution in [2.45, 2.75) is 24.5 Å². The second-order valence-electron chi connectivity index (χ2n) is 8.90. The van der Waals surface area contributed by atoms with Gasteiger partial charge in [0.05, 0.1) is 6.61 Å². The van der Waals surface area contributed by atoms with Crippen LogP contribution in [0, 0.1) is 0 Å². The lowest BCUT2D eigenvalue weighted by atomic mass is 9.81. The fourth-order valence-electron chi connectivity index (χ4n) is 4.39. The standard InChI is InChI=1S/C28H29N5O4/c1-33(2)27(35)28(19-20-9-4-3-5-10-20)25(23-11-6-7-12-24(23)31-32-29)37-26(30-28)21-13-15-22(16-14-21)36-18-8-17-34/h3-7,9-16,25,34H,8,17-19H2,1-2H3/t25-,28-/m0/s1. The summed E-state index contributed by atoms with van der Waals surface area (Å²) in [6, 6.07) is 24.0. The highest BCUT2D eigenvalue weighted by atomic mass is 16.5. The van der Waals surface area contributed by atoms with Crippen LogP contribution in [0.5, 0.6) is 5.75 Å². The Morgan fingerprint density at radius 3 is 2.49 bits per heavy atom. The number of carbonyl (C=O) groups excluding carboxylic acids is 1. The molecule has 0 saturated carbocycles. The topological polar surface area (TPSA) is 120 Å². The highest BCUT2D eigenvalue weighted by Gasteiger charge is 2.54. The van der Waals surface area contributed by atoms with E-state index in [1.807, 2.05) is 48.5 Å². The molecule has 0 fully saturated rings. The largest absolute Gasteiger partial charge is 0.494 e. The van der Waals surface area contributed by atoms with Crippen molar-refractivity contribution in [2.24, 2.45) is 10.1 Å². The first-order valence-corrected chi connectivity index (χ1v) is 12.0. The molecule has 4 rings (SSSR count). The molecule has 0 spiro atoms. The van der Waals surface area contributed by atoms with Crippen LogP contribution >= 0.6 is 0 Å². The van der Waals surface area contributed by atoms with E-state index < -0.39 is 11.6 Å². The number of nitrogens with zero attached hydrogens (tertiary/aromatic N) is 5. The zero-order chi connectivity index (χ0) is 26.3. The zero-order valence-corrected chi connectivity index (χ0v) is 20.8. The molecule has 3 aromatic rings. The number of ether oxygens (including phenoxy) is 2. The Balaban J connectivity index is 1.82. The lowest BCUT2D eigenvalue weighted by molar-refractivity contribution is -0.137. The van der Waals surface area contributed by atoms with Crippen LogP contribution in [-0.4, -0.2) is 54.7 Å². The third-order valence-corrected chi connectivity index (χ3v) is 6.10. The van der Waals surface area contributed by atoms with Gasteiger partial charge in [-0.3, -0.25) is 4.79 Å². The van der Waals surface area contributed by atoms with Crippen molar-refractivity contribution in [1.82, 2.24) is 4.90 Å². The van der Waals surface area contributed by atoms with E-state index >= 15 is 0 Å². The Bertz CT molecular complexity index is 1300. The molecule has 0 saturated heterocycles. The normalized spacial score (nSPS) is 18.4. The summed E-state index contributed by atoms with van der Waals surface area (Å²) in [7, 11) is 3.38. The number of rotatable bonds is 10. The van der Waals surface area contributed by atoms with Crippen LogP contribution < -0.4 is 4.74 Å². The Morgan fingerprint density at radius 1 is 1.11 bits per heavy atom. The molecule has 1 aliphatic rings. The van der Waals surface area contributed by atoms with E-state index in [1.54, 1.807) is 44.4 Å². The van der Waals surface area contributed by atoms with Gasteiger partial charge in [0, 0.05) is 55.3 Å². The number of carbonyl (C=O) groups is 1. The highest BCUT2D eigenvalue weighted by molar-refractivity contribution is 6.01. The first kappa shape index (κ1) is 25.8. The number of hydrogen-bond acceptors (Lipinski definition) is 6. The zero-order valence-electron chi connectivity index (χ0n) is 20.8. The summed E-state index contributed by atoms with van der Waals surface area (Å²) in [5.41, 5.74) is 10.4. The van der Waals surface area contributed by atoms with E-state index in [0.29, 0.717) is 41.5 Å². The van der Waals surface area contributed by atoms with Crippen LogP contribution in [0.3, 0.4) is 0 Å². The Kier molecular flexibility index (Phi) is 8.08. The number of azide groups is 1. The predicted molar refractivity (Wildman–Crippen MR) is 141 cm³/mol. The van der Waals surface area contributed by atoms with Crippen molar-refractivity contribution in [1.29, 1.82) is 0 Å². The smallest absolute Gasteiger partial charge is 0.254 e. The molecule has 1 N–H and O–H groups in total. The van der Waals surface area contributed by atoms with E-state index in [9.17, 15) is 10.3 Å². The lowest BCUT2D eigenvalue weighted by Gasteiger charge is -2.33. The SMILES string of the molecule is CN(C)C(=O)[C@@]1(Cc2ccccc2)N=C(c2ccc(OCCCO)cc2)O[C@H]1c1ccccc1N=[N+]=[N-]. The van der Waals surface area contributed by atoms with Crippen molar-refractivity contribution in [3.8, 4) is 5.75 Å². The molecule has 0 radical (unpaired) electrons. The molecule has 0 aliphatic carbocycles. The van der Waals surface area contributed by atoms with Crippen molar-refractivity contribution in [2.75, 3.05) is 27.3 Å². The summed E-state index contributed by atoms with van der Waals surface area (Å²) >= 11 is 0. The highest BCUT2D eigenvalue weighted by Crippen LogP contribution is 2.46. The van der Waals surface area contributed by atoms with Gasteiger partial charge in [-0.2, -0.15) is 0 Å². The summed E-state index contributed by atoms with van der Waals surface area (Å²) in [5.74, 6) is 0.741. The predicted octanol–water partition coefficient (Wildman–Crippen LogP) is 4.98. The van der Waals surface area contributed by atoms with Gasteiger partial charge in [0.15, 0.2) is 11.6 Å². The first-order chi connectivity index (χ1) is 18.0. The number of benzene rings is 3. The molecule has 9 heteroatoms. The minimum Gasteiger partial charge on any atom is -0.494 e. The summed E-state index contributed by atoms with van der Waals surface area (Å²) < 4.78 is 12.1. The van der Waals surface area contributed by atoms with Crippen LogP contribution in [0.15, 0.2) is 89.0 Å². The third-order valence-electron chi connectivity index (χ3n) is 6.10. The second kappa shape index (κ2) is 11.6. The summed E-state index contributed by atoms with van der Waals surface area (Å²) in [4.78, 5) is 23.4. The monoisotopic (exact) mass is 499 g/mol. The average Bonchev–Trinajstić information content (AvgIpc) is 3.29. The van der Waals surface area contributed by atoms with Crippen molar-refractivity contribution in [3.63, 3.8) is 0 Å². The first-order valence-electron chi connectivity index (χ1n) is 12.0. The molecule has 0 bridgehead atoms. The van der Waals surface area contributed by atoms with E-state index in [0.717, 1.165) is 5.56 Å². The number of aliphatic hydroxyl groups excluding tert-OH is 1. The van der Waals surface area contributed by atoms with E-state index in [2.05, 4.69) is 10.0 Å². The van der Waals surface area contributed by atoms with Gasteiger partial charge in [0.25, 0.3) is 5.91 Å². The molecule has 0 aromatic heterocycles. The minimum absolute atomic E-state index is 0.0604. The maximum atomic E-state index is 13.9. The second-order valence-corrected chi connectivity index (χ2v) is 8.90. The summed E-state index contributed by atoms with van der Waals surface area (Å²) in [6.07, 6.45) is -0.00965. The van der Waals surface area contributed by atoms with Crippen LogP contribution in [0.4, 0.5) is 5.69 Å². The number of aliphatic hydroxyl groups is 1. The molecule has 9 nitrogen and oxygen atoms in total. The van der Waals surface area contributed by atoms with E-state index in [1.165, 1.54) is 4.90 Å². The average molecular weight is 500 g/mol. The molecule has 37 heavy (non-hydrogen) atoms.